The third-order valence-corrected chi connectivity index (χ3v) is 7.09. The number of nitriles is 1. The molecule has 0 spiro atoms. The number of aliphatic imine (C=N–C) groups is 1. The second kappa shape index (κ2) is 8.71. The van der Waals surface area contributed by atoms with Gasteiger partial charge in [0.05, 0.1) is 34.4 Å². The van der Waals surface area contributed by atoms with Crippen molar-refractivity contribution in [3.8, 4) is 16.6 Å². The predicted molar refractivity (Wildman–Crippen MR) is 130 cm³/mol. The maximum Gasteiger partial charge on any atom is 0.258 e. The lowest BCUT2D eigenvalue weighted by Gasteiger charge is -2.11. The minimum atomic E-state index is -0.284. The Bertz CT molecular complexity index is 1500. The molecule has 4 aromatic rings. The Morgan fingerprint density at radius 1 is 1.22 bits per heavy atom. The summed E-state index contributed by atoms with van der Waals surface area (Å²) in [6, 6.07) is 11.6. The van der Waals surface area contributed by atoms with E-state index in [0.717, 1.165) is 16.3 Å². The first kappa shape index (κ1) is 20.6. The molecule has 0 atom stereocenters. The van der Waals surface area contributed by atoms with E-state index in [1.54, 1.807) is 23.6 Å². The molecule has 1 aliphatic heterocycles. The number of fused-ring (bicyclic) bond motifs is 1. The van der Waals surface area contributed by atoms with E-state index in [2.05, 4.69) is 21.0 Å². The van der Waals surface area contributed by atoms with Crippen LogP contribution in [0.25, 0.3) is 21.5 Å². The zero-order chi connectivity index (χ0) is 22.1. The number of H-pyrrole nitrogens is 1. The number of rotatable bonds is 5. The van der Waals surface area contributed by atoms with Crippen molar-refractivity contribution >= 4 is 51.3 Å². The number of benzene rings is 1. The van der Waals surface area contributed by atoms with Gasteiger partial charge in [0.1, 0.15) is 16.1 Å². The van der Waals surface area contributed by atoms with Gasteiger partial charge in [0.15, 0.2) is 0 Å². The molecule has 1 aromatic carbocycles. The summed E-state index contributed by atoms with van der Waals surface area (Å²) < 4.78 is 0. The Balaban J connectivity index is 1.51. The van der Waals surface area contributed by atoms with Crippen molar-refractivity contribution in [2.24, 2.45) is 4.99 Å². The number of thioether (sulfide) groups is 1. The molecule has 156 valence electrons. The van der Waals surface area contributed by atoms with Gasteiger partial charge in [-0.2, -0.15) is 5.26 Å². The Labute approximate surface area is 196 Å². The average molecular weight is 476 g/mol. The summed E-state index contributed by atoms with van der Waals surface area (Å²) in [4.78, 5) is 29.0. The molecule has 4 heterocycles. The fourth-order valence-corrected chi connectivity index (χ4v) is 5.38. The molecular formula is C23H14ClN5OS2. The topological polar surface area (TPSA) is 94.8 Å². The first-order valence-electron chi connectivity index (χ1n) is 9.64. The maximum absolute atomic E-state index is 12.6. The number of allylic oxidation sites excluding steroid dienone is 1. The number of nitrogens with one attached hydrogen (secondary N) is 1. The molecule has 0 unspecified atom stereocenters. The average Bonchev–Trinajstić information content (AvgIpc) is 3.50. The van der Waals surface area contributed by atoms with Crippen LogP contribution in [-0.4, -0.2) is 27.2 Å². The van der Waals surface area contributed by atoms with Gasteiger partial charge in [0, 0.05) is 33.5 Å². The second-order valence-electron chi connectivity index (χ2n) is 6.91. The molecule has 5 rings (SSSR count). The molecule has 0 saturated heterocycles. The maximum atomic E-state index is 12.6. The zero-order valence-corrected chi connectivity index (χ0v) is 18.9. The van der Waals surface area contributed by atoms with E-state index >= 15 is 0 Å². The van der Waals surface area contributed by atoms with E-state index < -0.39 is 0 Å². The number of aromatic nitrogens is 3. The molecule has 0 aliphatic carbocycles. The molecule has 1 N–H and O–H groups in total. The highest BCUT2D eigenvalue weighted by Gasteiger charge is 2.22. The molecule has 0 bridgehead atoms. The van der Waals surface area contributed by atoms with E-state index in [9.17, 15) is 10.1 Å². The molecule has 9 heteroatoms. The lowest BCUT2D eigenvalue weighted by molar-refractivity contribution is 1.13. The third kappa shape index (κ3) is 3.86. The lowest BCUT2D eigenvalue weighted by Crippen LogP contribution is -2.13. The minimum Gasteiger partial charge on any atom is -0.328 e. The number of hydrogen-bond acceptors (Lipinski definition) is 7. The Kier molecular flexibility index (Phi) is 5.62. The number of hydrogen-bond donors (Lipinski definition) is 1. The van der Waals surface area contributed by atoms with Crippen LogP contribution in [0.15, 0.2) is 68.9 Å². The van der Waals surface area contributed by atoms with Gasteiger partial charge >= 0.3 is 0 Å². The van der Waals surface area contributed by atoms with Crippen molar-refractivity contribution in [2.75, 3.05) is 6.54 Å². The van der Waals surface area contributed by atoms with Crippen molar-refractivity contribution in [3.05, 3.63) is 86.3 Å². The van der Waals surface area contributed by atoms with Gasteiger partial charge in [0.2, 0.25) is 0 Å². The van der Waals surface area contributed by atoms with Crippen LogP contribution in [0.4, 0.5) is 0 Å². The smallest absolute Gasteiger partial charge is 0.258 e. The molecular weight excluding hydrogens is 462 g/mol. The summed E-state index contributed by atoms with van der Waals surface area (Å²) in [5, 5.41) is 14.5. The first-order chi connectivity index (χ1) is 15.6. The quantitative estimate of drug-likeness (QED) is 0.399. The molecule has 0 amide bonds. The summed E-state index contributed by atoms with van der Waals surface area (Å²) in [7, 11) is 0. The van der Waals surface area contributed by atoms with E-state index in [0.29, 0.717) is 50.1 Å². The third-order valence-electron chi connectivity index (χ3n) is 4.89. The van der Waals surface area contributed by atoms with Crippen molar-refractivity contribution in [1.82, 2.24) is 15.0 Å². The van der Waals surface area contributed by atoms with Gasteiger partial charge in [-0.25, -0.2) is 9.97 Å². The van der Waals surface area contributed by atoms with Crippen LogP contribution < -0.4 is 5.56 Å². The van der Waals surface area contributed by atoms with E-state index in [1.165, 1.54) is 11.8 Å². The largest absolute Gasteiger partial charge is 0.328 e. The van der Waals surface area contributed by atoms with Gasteiger partial charge in [-0.1, -0.05) is 41.6 Å². The monoisotopic (exact) mass is 475 g/mol. The highest BCUT2D eigenvalue weighted by Crippen LogP contribution is 2.32. The second-order valence-corrected chi connectivity index (χ2v) is 9.17. The van der Waals surface area contributed by atoms with Crippen molar-refractivity contribution in [3.63, 3.8) is 0 Å². The molecule has 0 saturated carbocycles. The zero-order valence-electron chi connectivity index (χ0n) is 16.5. The Morgan fingerprint density at radius 3 is 2.81 bits per heavy atom. The van der Waals surface area contributed by atoms with Crippen LogP contribution in [-0.2, 0) is 5.75 Å². The highest BCUT2D eigenvalue weighted by atomic mass is 35.5. The SMILES string of the molecule is N#Cc1c(SCc2csc(-c3ccc(Cl)cc3)n2)nc2cc[nH]c(=O)c2c1C1=NCC=C1. The van der Waals surface area contributed by atoms with Gasteiger partial charge < -0.3 is 4.98 Å². The van der Waals surface area contributed by atoms with Gasteiger partial charge in [0.25, 0.3) is 5.56 Å². The highest BCUT2D eigenvalue weighted by molar-refractivity contribution is 7.98. The normalized spacial score (nSPS) is 12.8. The molecule has 1 aliphatic rings. The summed E-state index contributed by atoms with van der Waals surface area (Å²) >= 11 is 8.96. The lowest BCUT2D eigenvalue weighted by atomic mass is 10.0. The Morgan fingerprint density at radius 2 is 2.06 bits per heavy atom. The Hall–Kier alpha value is -3.25. The number of halogens is 1. The fraction of sp³-hybridized carbons (Fsp3) is 0.0870. The van der Waals surface area contributed by atoms with Crippen LogP contribution >= 0.6 is 34.7 Å². The summed E-state index contributed by atoms with van der Waals surface area (Å²) in [5.41, 5.74) is 3.67. The summed E-state index contributed by atoms with van der Waals surface area (Å²) in [6.45, 7) is 0.531. The first-order valence-corrected chi connectivity index (χ1v) is 11.9. The molecule has 0 fully saturated rings. The van der Waals surface area contributed by atoms with Crippen LogP contribution in [0.3, 0.4) is 0 Å². The number of nitrogens with zero attached hydrogens (tertiary/aromatic N) is 4. The van der Waals surface area contributed by atoms with Crippen LogP contribution in [0.1, 0.15) is 16.8 Å². The molecule has 6 nitrogen and oxygen atoms in total. The number of pyridine rings is 2. The van der Waals surface area contributed by atoms with Crippen LogP contribution in [0.5, 0.6) is 0 Å². The molecule has 32 heavy (non-hydrogen) atoms. The molecule has 3 aromatic heterocycles. The standard InChI is InChI=1S/C23H14ClN5OS2/c24-14-5-3-13(4-6-14)22-28-15(11-31-22)12-32-23-16(10-25)19(17-2-1-8-26-17)20-18(29-23)7-9-27-21(20)30/h1-7,9,11H,8,12H2,(H,27,30). The van der Waals surface area contributed by atoms with Crippen molar-refractivity contribution in [2.45, 2.75) is 10.8 Å². The number of thiazole rings is 1. The van der Waals surface area contributed by atoms with Crippen molar-refractivity contribution < 1.29 is 0 Å². The fourth-order valence-electron chi connectivity index (χ4n) is 3.44. The van der Waals surface area contributed by atoms with Crippen LogP contribution in [0.2, 0.25) is 5.02 Å². The van der Waals surface area contributed by atoms with Crippen LogP contribution in [0, 0.1) is 11.3 Å². The van der Waals surface area contributed by atoms with Gasteiger partial charge in [-0.05, 0) is 24.3 Å². The number of aromatic amines is 1. The molecule has 0 radical (unpaired) electrons. The van der Waals surface area contributed by atoms with E-state index in [4.69, 9.17) is 16.6 Å². The van der Waals surface area contributed by atoms with Gasteiger partial charge in [-0.15, -0.1) is 11.3 Å². The van der Waals surface area contributed by atoms with E-state index in [-0.39, 0.29) is 5.56 Å². The predicted octanol–water partition coefficient (Wildman–Crippen LogP) is 5.22. The minimum absolute atomic E-state index is 0.284. The summed E-state index contributed by atoms with van der Waals surface area (Å²) in [5.74, 6) is 0.544. The van der Waals surface area contributed by atoms with Crippen molar-refractivity contribution in [1.29, 1.82) is 5.26 Å². The van der Waals surface area contributed by atoms with Gasteiger partial charge in [-0.3, -0.25) is 9.79 Å². The van der Waals surface area contributed by atoms with E-state index in [1.807, 2.05) is 41.8 Å². The summed E-state index contributed by atoms with van der Waals surface area (Å²) in [6.07, 6.45) is 5.31.